The maximum Gasteiger partial charge on any atom is 0.306 e. The van der Waals surface area contributed by atoms with Crippen LogP contribution in [0.2, 0.25) is 0 Å². The Morgan fingerprint density at radius 1 is 0.905 bits per heavy atom. The van der Waals surface area contributed by atoms with Crippen LogP contribution in [0.25, 0.3) is 0 Å². The highest BCUT2D eigenvalue weighted by atomic mass is 16.5. The molecule has 0 radical (unpaired) electrons. The van der Waals surface area contributed by atoms with Crippen LogP contribution in [0.5, 0.6) is 0 Å². The molecule has 0 N–H and O–H groups in total. The second-order valence-electron chi connectivity index (χ2n) is 6.36. The van der Waals surface area contributed by atoms with Gasteiger partial charge in [0.1, 0.15) is 6.10 Å². The highest BCUT2D eigenvalue weighted by Crippen LogP contribution is 2.11. The normalized spacial score (nSPS) is 13.0. The van der Waals surface area contributed by atoms with Crippen molar-refractivity contribution in [3.8, 4) is 0 Å². The average molecular weight is 296 g/mol. The molecule has 0 saturated heterocycles. The summed E-state index contributed by atoms with van der Waals surface area (Å²) in [4.78, 5) is 11.6. The number of hydrogen-bond acceptors (Lipinski definition) is 2. The largest absolute Gasteiger partial charge is 0.462 e. The Bertz CT molecular complexity index is 269. The topological polar surface area (TPSA) is 26.3 Å². The third-order valence-electron chi connectivity index (χ3n) is 3.90. The van der Waals surface area contributed by atoms with E-state index in [9.17, 15) is 4.79 Å². The van der Waals surface area contributed by atoms with Crippen LogP contribution in [-0.2, 0) is 9.53 Å². The summed E-state index contributed by atoms with van der Waals surface area (Å²) < 4.78 is 5.36. The Kier molecular flexibility index (Phi) is 13.6. The zero-order valence-electron chi connectivity index (χ0n) is 14.7. The summed E-state index contributed by atoms with van der Waals surface area (Å²) in [5, 5.41) is 0. The number of hydrogen-bond donors (Lipinski definition) is 0. The minimum Gasteiger partial charge on any atom is -0.462 e. The summed E-state index contributed by atoms with van der Waals surface area (Å²) in [6.07, 6.45) is 16.2. The molecule has 0 fully saturated rings. The van der Waals surface area contributed by atoms with E-state index in [4.69, 9.17) is 4.74 Å². The third kappa shape index (κ3) is 13.9. The molecular formula is C19H36O2. The van der Waals surface area contributed by atoms with E-state index < -0.39 is 0 Å². The van der Waals surface area contributed by atoms with Gasteiger partial charge in [-0.1, -0.05) is 65.0 Å². The monoisotopic (exact) mass is 296 g/mol. The standard InChI is InChI=1S/C19H36O2/c1-5-6-7-8-9-10-11-12-13-14-15-16-19(20)21-18(4)17(2)3/h8-9,17-18H,5-7,10-16H2,1-4H3/b9-8+. The second kappa shape index (κ2) is 14.2. The van der Waals surface area contributed by atoms with Gasteiger partial charge >= 0.3 is 5.97 Å². The Morgan fingerprint density at radius 2 is 1.48 bits per heavy atom. The number of carbonyl (C=O) groups is 1. The van der Waals surface area contributed by atoms with Gasteiger partial charge in [-0.3, -0.25) is 4.79 Å². The van der Waals surface area contributed by atoms with Crippen molar-refractivity contribution < 1.29 is 9.53 Å². The molecular weight excluding hydrogens is 260 g/mol. The average Bonchev–Trinajstić information content (AvgIpc) is 2.44. The van der Waals surface area contributed by atoms with Crippen LogP contribution in [0.3, 0.4) is 0 Å². The van der Waals surface area contributed by atoms with E-state index in [2.05, 4.69) is 32.9 Å². The molecule has 0 saturated carbocycles. The predicted molar refractivity (Wildman–Crippen MR) is 91.4 cm³/mol. The number of rotatable bonds is 13. The van der Waals surface area contributed by atoms with Gasteiger partial charge in [-0.05, 0) is 38.5 Å². The fourth-order valence-electron chi connectivity index (χ4n) is 2.02. The van der Waals surface area contributed by atoms with Gasteiger partial charge in [0.15, 0.2) is 0 Å². The molecule has 0 aliphatic carbocycles. The minimum absolute atomic E-state index is 0.0324. The van der Waals surface area contributed by atoms with Crippen molar-refractivity contribution >= 4 is 5.97 Å². The summed E-state index contributed by atoms with van der Waals surface area (Å²) in [5.41, 5.74) is 0. The maximum absolute atomic E-state index is 11.6. The lowest BCUT2D eigenvalue weighted by Gasteiger charge is -2.16. The molecule has 0 heterocycles. The molecule has 0 aromatic carbocycles. The lowest BCUT2D eigenvalue weighted by molar-refractivity contribution is -0.150. The van der Waals surface area contributed by atoms with E-state index in [0.29, 0.717) is 12.3 Å². The number of esters is 1. The molecule has 21 heavy (non-hydrogen) atoms. The first-order valence-corrected chi connectivity index (χ1v) is 8.92. The quantitative estimate of drug-likeness (QED) is 0.235. The summed E-state index contributed by atoms with van der Waals surface area (Å²) >= 11 is 0. The molecule has 0 amide bonds. The molecule has 0 aromatic heterocycles. The van der Waals surface area contributed by atoms with E-state index in [1.807, 2.05) is 6.92 Å². The van der Waals surface area contributed by atoms with Gasteiger partial charge in [-0.15, -0.1) is 0 Å². The number of carbonyl (C=O) groups excluding carboxylic acids is 1. The van der Waals surface area contributed by atoms with Gasteiger partial charge in [0.05, 0.1) is 0 Å². The SMILES string of the molecule is CCCC/C=C/CCCCCCCC(=O)OC(C)C(C)C. The van der Waals surface area contributed by atoms with Crippen molar-refractivity contribution in [3.63, 3.8) is 0 Å². The first-order chi connectivity index (χ1) is 10.1. The Hall–Kier alpha value is -0.790. The van der Waals surface area contributed by atoms with Crippen molar-refractivity contribution in [3.05, 3.63) is 12.2 Å². The molecule has 1 atom stereocenters. The van der Waals surface area contributed by atoms with E-state index in [1.54, 1.807) is 0 Å². The molecule has 0 aromatic rings. The van der Waals surface area contributed by atoms with Crippen molar-refractivity contribution in [1.82, 2.24) is 0 Å². The first-order valence-electron chi connectivity index (χ1n) is 8.92. The van der Waals surface area contributed by atoms with E-state index >= 15 is 0 Å². The van der Waals surface area contributed by atoms with Crippen LogP contribution in [-0.4, -0.2) is 12.1 Å². The van der Waals surface area contributed by atoms with E-state index in [-0.39, 0.29) is 12.1 Å². The van der Waals surface area contributed by atoms with Crippen LogP contribution in [0.4, 0.5) is 0 Å². The van der Waals surface area contributed by atoms with Gasteiger partial charge in [0.2, 0.25) is 0 Å². The number of allylic oxidation sites excluding steroid dienone is 2. The van der Waals surface area contributed by atoms with Gasteiger partial charge in [-0.2, -0.15) is 0 Å². The van der Waals surface area contributed by atoms with Crippen molar-refractivity contribution in [2.45, 2.75) is 98.0 Å². The molecule has 0 aliphatic heterocycles. The highest BCUT2D eigenvalue weighted by Gasteiger charge is 2.12. The van der Waals surface area contributed by atoms with Crippen LogP contribution in [0.1, 0.15) is 91.9 Å². The summed E-state index contributed by atoms with van der Waals surface area (Å²) in [7, 11) is 0. The maximum atomic E-state index is 11.6. The molecule has 2 heteroatoms. The van der Waals surface area contributed by atoms with E-state index in [1.165, 1.54) is 44.9 Å². The van der Waals surface area contributed by atoms with Crippen LogP contribution in [0.15, 0.2) is 12.2 Å². The predicted octanol–water partition coefficient (Wildman–Crippen LogP) is 6.05. The van der Waals surface area contributed by atoms with E-state index in [0.717, 1.165) is 12.8 Å². The number of unbranched alkanes of at least 4 members (excludes halogenated alkanes) is 7. The summed E-state index contributed by atoms with van der Waals surface area (Å²) in [6, 6.07) is 0. The van der Waals surface area contributed by atoms with Crippen LogP contribution in [0, 0.1) is 5.92 Å². The Morgan fingerprint density at radius 3 is 2.10 bits per heavy atom. The molecule has 0 aliphatic rings. The zero-order valence-corrected chi connectivity index (χ0v) is 14.7. The summed E-state index contributed by atoms with van der Waals surface area (Å²) in [5.74, 6) is 0.370. The molecule has 0 spiro atoms. The summed E-state index contributed by atoms with van der Waals surface area (Å²) in [6.45, 7) is 8.35. The number of ether oxygens (including phenoxy) is 1. The van der Waals surface area contributed by atoms with Crippen molar-refractivity contribution in [1.29, 1.82) is 0 Å². The first kappa shape index (κ1) is 20.2. The smallest absolute Gasteiger partial charge is 0.306 e. The zero-order chi connectivity index (χ0) is 15.9. The molecule has 0 rings (SSSR count). The van der Waals surface area contributed by atoms with Gasteiger partial charge in [-0.25, -0.2) is 0 Å². The highest BCUT2D eigenvalue weighted by molar-refractivity contribution is 5.69. The lowest BCUT2D eigenvalue weighted by atomic mass is 10.1. The third-order valence-corrected chi connectivity index (χ3v) is 3.90. The minimum atomic E-state index is -0.0324. The van der Waals surface area contributed by atoms with Crippen molar-refractivity contribution in [2.24, 2.45) is 5.92 Å². The molecule has 124 valence electrons. The van der Waals surface area contributed by atoms with Gasteiger partial charge < -0.3 is 4.74 Å². The molecule has 2 nitrogen and oxygen atoms in total. The molecule has 1 unspecified atom stereocenters. The van der Waals surface area contributed by atoms with Gasteiger partial charge in [0, 0.05) is 6.42 Å². The fourth-order valence-corrected chi connectivity index (χ4v) is 2.02. The van der Waals surface area contributed by atoms with Gasteiger partial charge in [0.25, 0.3) is 0 Å². The van der Waals surface area contributed by atoms with Crippen LogP contribution >= 0.6 is 0 Å². The fraction of sp³-hybridized carbons (Fsp3) is 0.842. The Labute approximate surface area is 132 Å². The Balaban J connectivity index is 3.32. The lowest BCUT2D eigenvalue weighted by Crippen LogP contribution is -2.19. The van der Waals surface area contributed by atoms with Crippen LogP contribution < -0.4 is 0 Å². The second-order valence-corrected chi connectivity index (χ2v) is 6.36. The molecule has 0 bridgehead atoms. The van der Waals surface area contributed by atoms with Crippen molar-refractivity contribution in [2.75, 3.05) is 0 Å².